The van der Waals surface area contributed by atoms with Gasteiger partial charge in [-0.2, -0.15) is 0 Å². The summed E-state index contributed by atoms with van der Waals surface area (Å²) in [5, 5.41) is 0. The standard InChI is InChI=1S/C12H19N3O2/c1-3-12(14,4-2)8-17-9-5-6-15-10(7-9)11(13)16/h5-7H,3-4,8,14H2,1-2H3,(H2,13,16). The number of pyridine rings is 1. The number of ether oxygens (including phenoxy) is 1. The van der Waals surface area contributed by atoms with Crippen LogP contribution in [0.3, 0.4) is 0 Å². The van der Waals surface area contributed by atoms with Crippen molar-refractivity contribution in [1.82, 2.24) is 4.98 Å². The molecule has 1 amide bonds. The summed E-state index contributed by atoms with van der Waals surface area (Å²) < 4.78 is 5.57. The van der Waals surface area contributed by atoms with Crippen molar-refractivity contribution in [1.29, 1.82) is 0 Å². The molecule has 0 aliphatic carbocycles. The van der Waals surface area contributed by atoms with Crippen LogP contribution in [-0.4, -0.2) is 23.0 Å². The molecule has 1 heterocycles. The molecule has 17 heavy (non-hydrogen) atoms. The second kappa shape index (κ2) is 5.63. The van der Waals surface area contributed by atoms with E-state index in [4.69, 9.17) is 16.2 Å². The Morgan fingerprint density at radius 2 is 2.12 bits per heavy atom. The van der Waals surface area contributed by atoms with Gasteiger partial charge in [-0.1, -0.05) is 13.8 Å². The third-order valence-corrected chi connectivity index (χ3v) is 2.92. The summed E-state index contributed by atoms with van der Waals surface area (Å²) in [5.74, 6) is -0.00836. The van der Waals surface area contributed by atoms with E-state index in [-0.39, 0.29) is 11.2 Å². The van der Waals surface area contributed by atoms with Gasteiger partial charge in [0.05, 0.1) is 0 Å². The topological polar surface area (TPSA) is 91.2 Å². The highest BCUT2D eigenvalue weighted by Crippen LogP contribution is 2.16. The summed E-state index contributed by atoms with van der Waals surface area (Å²) in [6.07, 6.45) is 3.15. The first kappa shape index (κ1) is 13.4. The Morgan fingerprint density at radius 3 is 2.65 bits per heavy atom. The highest BCUT2D eigenvalue weighted by molar-refractivity contribution is 5.91. The monoisotopic (exact) mass is 237 g/mol. The number of nitrogens with zero attached hydrogens (tertiary/aromatic N) is 1. The number of carbonyl (C=O) groups excluding carboxylic acids is 1. The van der Waals surface area contributed by atoms with Crippen LogP contribution in [0.15, 0.2) is 18.3 Å². The van der Waals surface area contributed by atoms with Gasteiger partial charge in [-0.15, -0.1) is 0 Å². The van der Waals surface area contributed by atoms with Crippen molar-refractivity contribution in [2.24, 2.45) is 11.5 Å². The molecule has 0 aliphatic rings. The first-order valence-corrected chi connectivity index (χ1v) is 5.68. The van der Waals surface area contributed by atoms with E-state index in [0.717, 1.165) is 12.8 Å². The summed E-state index contributed by atoms with van der Waals surface area (Å²) in [4.78, 5) is 14.8. The van der Waals surface area contributed by atoms with Gasteiger partial charge in [0.25, 0.3) is 5.91 Å². The molecular formula is C12H19N3O2. The van der Waals surface area contributed by atoms with E-state index in [1.807, 2.05) is 13.8 Å². The number of carbonyl (C=O) groups is 1. The van der Waals surface area contributed by atoms with Gasteiger partial charge in [-0.3, -0.25) is 9.78 Å². The number of hydrogen-bond acceptors (Lipinski definition) is 4. The maximum atomic E-state index is 10.9. The highest BCUT2D eigenvalue weighted by Gasteiger charge is 2.21. The SMILES string of the molecule is CCC(N)(CC)COc1ccnc(C(N)=O)c1. The Hall–Kier alpha value is -1.62. The van der Waals surface area contributed by atoms with Crippen molar-refractivity contribution in [3.8, 4) is 5.75 Å². The van der Waals surface area contributed by atoms with E-state index >= 15 is 0 Å². The normalized spacial score (nSPS) is 11.2. The maximum Gasteiger partial charge on any atom is 0.267 e. The lowest BCUT2D eigenvalue weighted by atomic mass is 9.96. The zero-order chi connectivity index (χ0) is 12.9. The van der Waals surface area contributed by atoms with Crippen LogP contribution < -0.4 is 16.2 Å². The average molecular weight is 237 g/mol. The zero-order valence-corrected chi connectivity index (χ0v) is 10.3. The van der Waals surface area contributed by atoms with Crippen molar-refractivity contribution < 1.29 is 9.53 Å². The van der Waals surface area contributed by atoms with E-state index in [1.54, 1.807) is 6.07 Å². The largest absolute Gasteiger partial charge is 0.492 e. The molecular weight excluding hydrogens is 218 g/mol. The predicted molar refractivity (Wildman–Crippen MR) is 65.8 cm³/mol. The maximum absolute atomic E-state index is 10.9. The molecule has 94 valence electrons. The average Bonchev–Trinajstić information content (AvgIpc) is 2.36. The molecule has 0 radical (unpaired) electrons. The quantitative estimate of drug-likeness (QED) is 0.774. The van der Waals surface area contributed by atoms with Gasteiger partial charge in [0.15, 0.2) is 0 Å². The fourth-order valence-electron chi connectivity index (χ4n) is 1.32. The van der Waals surface area contributed by atoms with E-state index in [2.05, 4.69) is 4.98 Å². The van der Waals surface area contributed by atoms with Crippen molar-refractivity contribution in [2.45, 2.75) is 32.2 Å². The van der Waals surface area contributed by atoms with Crippen molar-refractivity contribution >= 4 is 5.91 Å². The number of rotatable bonds is 6. The Kier molecular flexibility index (Phi) is 4.45. The summed E-state index contributed by atoms with van der Waals surface area (Å²) in [6, 6.07) is 3.20. The Morgan fingerprint density at radius 1 is 1.47 bits per heavy atom. The second-order valence-corrected chi connectivity index (χ2v) is 4.10. The molecule has 1 aromatic rings. The third-order valence-electron chi connectivity index (χ3n) is 2.92. The molecule has 0 aromatic carbocycles. The molecule has 1 rings (SSSR count). The van der Waals surface area contributed by atoms with Crippen LogP contribution in [0.4, 0.5) is 0 Å². The number of hydrogen-bond donors (Lipinski definition) is 2. The van der Waals surface area contributed by atoms with Gasteiger partial charge in [0.2, 0.25) is 0 Å². The highest BCUT2D eigenvalue weighted by atomic mass is 16.5. The molecule has 0 atom stereocenters. The first-order chi connectivity index (χ1) is 8.00. The van der Waals surface area contributed by atoms with E-state index in [9.17, 15) is 4.79 Å². The summed E-state index contributed by atoms with van der Waals surface area (Å²) in [5.41, 5.74) is 11.1. The minimum absolute atomic E-state index is 0.193. The van der Waals surface area contributed by atoms with Crippen LogP contribution in [0.25, 0.3) is 0 Å². The number of primary amides is 1. The van der Waals surface area contributed by atoms with Gasteiger partial charge in [0, 0.05) is 17.8 Å². The first-order valence-electron chi connectivity index (χ1n) is 5.68. The van der Waals surface area contributed by atoms with Gasteiger partial charge < -0.3 is 16.2 Å². The summed E-state index contributed by atoms with van der Waals surface area (Å²) in [6.45, 7) is 4.45. The van der Waals surface area contributed by atoms with Crippen LogP contribution in [-0.2, 0) is 0 Å². The van der Waals surface area contributed by atoms with Crippen LogP contribution in [0.1, 0.15) is 37.2 Å². The van der Waals surface area contributed by atoms with Gasteiger partial charge in [-0.05, 0) is 18.9 Å². The Labute approximate surface area is 101 Å². The van der Waals surface area contributed by atoms with Crippen LogP contribution >= 0.6 is 0 Å². The molecule has 0 saturated carbocycles. The lowest BCUT2D eigenvalue weighted by molar-refractivity contribution is 0.0995. The fraction of sp³-hybridized carbons (Fsp3) is 0.500. The number of nitrogens with two attached hydrogens (primary N) is 2. The molecule has 0 fully saturated rings. The molecule has 4 N–H and O–H groups in total. The minimum atomic E-state index is -0.569. The molecule has 0 unspecified atom stereocenters. The minimum Gasteiger partial charge on any atom is -0.492 e. The third kappa shape index (κ3) is 3.71. The van der Waals surface area contributed by atoms with Crippen LogP contribution in [0.2, 0.25) is 0 Å². The van der Waals surface area contributed by atoms with Gasteiger partial charge >= 0.3 is 0 Å². The summed E-state index contributed by atoms with van der Waals surface area (Å²) >= 11 is 0. The zero-order valence-electron chi connectivity index (χ0n) is 10.3. The Balaban J connectivity index is 2.69. The smallest absolute Gasteiger partial charge is 0.267 e. The fourth-order valence-corrected chi connectivity index (χ4v) is 1.32. The molecule has 5 nitrogen and oxygen atoms in total. The molecule has 0 aliphatic heterocycles. The predicted octanol–water partition coefficient (Wildman–Crippen LogP) is 1.08. The molecule has 0 spiro atoms. The van der Waals surface area contributed by atoms with Crippen molar-refractivity contribution in [3.63, 3.8) is 0 Å². The molecule has 0 bridgehead atoms. The van der Waals surface area contributed by atoms with Crippen LogP contribution in [0, 0.1) is 0 Å². The molecule has 1 aromatic heterocycles. The van der Waals surface area contributed by atoms with E-state index in [0.29, 0.717) is 12.4 Å². The van der Waals surface area contributed by atoms with E-state index < -0.39 is 5.91 Å². The molecule has 0 saturated heterocycles. The lowest BCUT2D eigenvalue weighted by Gasteiger charge is -2.26. The molecule has 5 heteroatoms. The van der Waals surface area contributed by atoms with Crippen molar-refractivity contribution in [2.75, 3.05) is 6.61 Å². The van der Waals surface area contributed by atoms with Crippen LogP contribution in [0.5, 0.6) is 5.75 Å². The second-order valence-electron chi connectivity index (χ2n) is 4.10. The summed E-state index contributed by atoms with van der Waals surface area (Å²) in [7, 11) is 0. The Bertz CT molecular complexity index is 389. The number of amides is 1. The van der Waals surface area contributed by atoms with Gasteiger partial charge in [-0.25, -0.2) is 0 Å². The van der Waals surface area contributed by atoms with E-state index in [1.165, 1.54) is 12.3 Å². The lowest BCUT2D eigenvalue weighted by Crippen LogP contribution is -2.44. The van der Waals surface area contributed by atoms with Crippen molar-refractivity contribution in [3.05, 3.63) is 24.0 Å². The number of aromatic nitrogens is 1. The van der Waals surface area contributed by atoms with Gasteiger partial charge in [0.1, 0.15) is 18.1 Å².